The highest BCUT2D eigenvalue weighted by molar-refractivity contribution is 7.92. The van der Waals surface area contributed by atoms with Gasteiger partial charge in [-0.2, -0.15) is 5.26 Å². The summed E-state index contributed by atoms with van der Waals surface area (Å²) < 4.78 is 46.9. The maximum atomic E-state index is 14.3. The first-order chi connectivity index (χ1) is 17.9. The van der Waals surface area contributed by atoms with Crippen molar-refractivity contribution >= 4 is 56.6 Å². The summed E-state index contributed by atoms with van der Waals surface area (Å²) in [5.41, 5.74) is -2.01. The van der Waals surface area contributed by atoms with Crippen LogP contribution < -0.4 is 5.32 Å². The smallest absolute Gasteiger partial charge is 0.410 e. The normalized spacial score (nSPS) is 22.9. The van der Waals surface area contributed by atoms with E-state index < -0.39 is 50.1 Å². The summed E-state index contributed by atoms with van der Waals surface area (Å²) in [7, 11) is -4.04. The van der Waals surface area contributed by atoms with Gasteiger partial charge in [-0.25, -0.2) is 17.6 Å². The molecule has 2 aliphatic carbocycles. The monoisotopic (exact) mass is 599 g/mol. The number of halogens is 4. The summed E-state index contributed by atoms with van der Waals surface area (Å²) in [5, 5.41) is 10.6. The van der Waals surface area contributed by atoms with E-state index in [1.807, 2.05) is 6.07 Å². The predicted octanol–water partition coefficient (Wildman–Crippen LogP) is 5.00. The van der Waals surface area contributed by atoms with Crippen LogP contribution in [0.1, 0.15) is 37.7 Å². The highest BCUT2D eigenvalue weighted by Crippen LogP contribution is 2.53. The van der Waals surface area contributed by atoms with Gasteiger partial charge in [-0.3, -0.25) is 4.79 Å². The first-order valence-electron chi connectivity index (χ1n) is 11.8. The molecule has 200 valence electrons. The van der Waals surface area contributed by atoms with Gasteiger partial charge in [0.25, 0.3) is 0 Å². The molecule has 0 aromatic heterocycles. The standard InChI is InChI=1S/C25H21Cl3FN3O5S/c26-16-3-1-2-4-20(16)38(35,36)14-9-21(37-23(34)31-24(13-30)5-6-24)32(12-14)22(33)25(7-8-25)15-10-19(29)18(28)11-17(15)27/h1-4,10-11,14,21H,5-9,12H2,(H,31,34)/t14-,21+/m1/s1. The van der Waals surface area contributed by atoms with Crippen LogP contribution in [0.25, 0.3) is 0 Å². The van der Waals surface area contributed by atoms with Crippen LogP contribution >= 0.6 is 34.8 Å². The third-order valence-corrected chi connectivity index (χ3v) is 10.5. The van der Waals surface area contributed by atoms with Crippen LogP contribution in [0.4, 0.5) is 9.18 Å². The SMILES string of the molecule is N#CC1(NC(=O)O[C@H]2C[C@@H](S(=O)(=O)c3ccccc3Cl)CN2C(=O)C2(c3cc(F)c(Cl)cc3Cl)CC2)CC1. The van der Waals surface area contributed by atoms with Crippen molar-refractivity contribution in [2.75, 3.05) is 6.54 Å². The van der Waals surface area contributed by atoms with Crippen molar-refractivity contribution < 1.29 is 27.1 Å². The molecule has 2 saturated carbocycles. The average Bonchev–Trinajstić information content (AvgIpc) is 3.79. The Kier molecular flexibility index (Phi) is 6.79. The lowest BCUT2D eigenvalue weighted by Gasteiger charge is -2.29. The van der Waals surface area contributed by atoms with Crippen molar-refractivity contribution in [3.63, 3.8) is 0 Å². The minimum Gasteiger partial charge on any atom is -0.425 e. The molecule has 0 unspecified atom stereocenters. The summed E-state index contributed by atoms with van der Waals surface area (Å²) >= 11 is 18.3. The number of rotatable bonds is 6. The number of likely N-dealkylation sites (tertiary alicyclic amines) is 1. The number of ether oxygens (including phenoxy) is 1. The van der Waals surface area contributed by atoms with E-state index in [1.165, 1.54) is 29.2 Å². The van der Waals surface area contributed by atoms with Gasteiger partial charge in [0, 0.05) is 18.0 Å². The van der Waals surface area contributed by atoms with Crippen molar-refractivity contribution in [2.45, 2.75) is 59.4 Å². The van der Waals surface area contributed by atoms with Gasteiger partial charge in [-0.15, -0.1) is 0 Å². The number of amides is 2. The highest BCUT2D eigenvalue weighted by atomic mass is 35.5. The van der Waals surface area contributed by atoms with E-state index in [4.69, 9.17) is 39.5 Å². The van der Waals surface area contributed by atoms with Crippen molar-refractivity contribution in [2.24, 2.45) is 0 Å². The van der Waals surface area contributed by atoms with Gasteiger partial charge >= 0.3 is 6.09 Å². The van der Waals surface area contributed by atoms with Gasteiger partial charge in [0.05, 0.1) is 31.7 Å². The Bertz CT molecular complexity index is 1490. The third-order valence-electron chi connectivity index (χ3n) is 7.29. The number of carbonyl (C=O) groups excluding carboxylic acids is 2. The average molecular weight is 601 g/mol. The number of nitriles is 1. The van der Waals surface area contributed by atoms with Gasteiger partial charge in [0.2, 0.25) is 5.91 Å². The van der Waals surface area contributed by atoms with Gasteiger partial charge in [0.1, 0.15) is 11.4 Å². The van der Waals surface area contributed by atoms with Crippen molar-refractivity contribution in [1.82, 2.24) is 10.2 Å². The molecule has 3 aliphatic rings. The van der Waals surface area contributed by atoms with E-state index in [0.717, 1.165) is 6.07 Å². The lowest BCUT2D eigenvalue weighted by Crippen LogP contribution is -2.47. The highest BCUT2D eigenvalue weighted by Gasteiger charge is 2.58. The Morgan fingerprint density at radius 3 is 2.37 bits per heavy atom. The van der Waals surface area contributed by atoms with E-state index in [-0.39, 0.29) is 38.5 Å². The van der Waals surface area contributed by atoms with E-state index in [1.54, 1.807) is 6.07 Å². The number of alkyl carbamates (subject to hydrolysis) is 1. The zero-order valence-electron chi connectivity index (χ0n) is 19.7. The molecule has 1 heterocycles. The Labute approximate surface area is 233 Å². The van der Waals surface area contributed by atoms with Gasteiger partial charge < -0.3 is 15.0 Å². The molecule has 13 heteroatoms. The number of benzene rings is 2. The number of nitrogens with zero attached hydrogens (tertiary/aromatic N) is 2. The molecule has 1 aliphatic heterocycles. The van der Waals surface area contributed by atoms with Crippen LogP contribution in [0.15, 0.2) is 41.3 Å². The van der Waals surface area contributed by atoms with E-state index in [0.29, 0.717) is 25.7 Å². The second-order valence-electron chi connectivity index (χ2n) is 9.80. The maximum absolute atomic E-state index is 14.3. The third kappa shape index (κ3) is 4.70. The van der Waals surface area contributed by atoms with Crippen LogP contribution in [0.2, 0.25) is 15.1 Å². The molecule has 3 fully saturated rings. The molecular formula is C25H21Cl3FN3O5S. The fourth-order valence-electron chi connectivity index (χ4n) is 4.79. The molecular weight excluding hydrogens is 580 g/mol. The fraction of sp³-hybridized carbons (Fsp3) is 0.400. The van der Waals surface area contributed by atoms with Crippen LogP contribution in [-0.4, -0.2) is 48.9 Å². The molecule has 0 radical (unpaired) electrons. The minimum absolute atomic E-state index is 0.0271. The zero-order chi connectivity index (χ0) is 27.5. The number of carbonyl (C=O) groups is 2. The number of hydrogen-bond acceptors (Lipinski definition) is 6. The van der Waals surface area contributed by atoms with Crippen molar-refractivity contribution in [3.05, 3.63) is 62.8 Å². The van der Waals surface area contributed by atoms with E-state index in [9.17, 15) is 27.7 Å². The molecule has 0 spiro atoms. The zero-order valence-corrected chi connectivity index (χ0v) is 22.8. The first kappa shape index (κ1) is 27.0. The summed E-state index contributed by atoms with van der Waals surface area (Å²) in [4.78, 5) is 27.7. The Morgan fingerprint density at radius 1 is 1.08 bits per heavy atom. The topological polar surface area (TPSA) is 117 Å². The van der Waals surface area contributed by atoms with Gasteiger partial charge in [-0.1, -0.05) is 46.9 Å². The molecule has 5 rings (SSSR count). The molecule has 0 bridgehead atoms. The van der Waals surface area contributed by atoms with Gasteiger partial charge in [0.15, 0.2) is 16.1 Å². The van der Waals surface area contributed by atoms with E-state index >= 15 is 0 Å². The number of nitrogens with one attached hydrogen (secondary N) is 1. The lowest BCUT2D eigenvalue weighted by atomic mass is 9.94. The van der Waals surface area contributed by atoms with Crippen molar-refractivity contribution in [3.8, 4) is 6.07 Å². The second kappa shape index (κ2) is 9.56. The molecule has 8 nitrogen and oxygen atoms in total. The van der Waals surface area contributed by atoms with Crippen LogP contribution in [0.3, 0.4) is 0 Å². The maximum Gasteiger partial charge on any atom is 0.410 e. The van der Waals surface area contributed by atoms with Crippen LogP contribution in [-0.2, 0) is 24.8 Å². The summed E-state index contributed by atoms with van der Waals surface area (Å²) in [6.07, 6.45) is -0.831. The molecule has 2 aromatic rings. The fourth-order valence-corrected chi connectivity index (χ4v) is 7.56. The van der Waals surface area contributed by atoms with Gasteiger partial charge in [-0.05, 0) is 55.5 Å². The second-order valence-corrected chi connectivity index (χ2v) is 13.2. The largest absolute Gasteiger partial charge is 0.425 e. The number of hydrogen-bond donors (Lipinski definition) is 1. The summed E-state index contributed by atoms with van der Waals surface area (Å²) in [6.45, 7) is -0.289. The quantitative estimate of drug-likeness (QED) is 0.467. The summed E-state index contributed by atoms with van der Waals surface area (Å²) in [6, 6.07) is 10.3. The lowest BCUT2D eigenvalue weighted by molar-refractivity contribution is -0.140. The predicted molar refractivity (Wildman–Crippen MR) is 137 cm³/mol. The molecule has 2 atom stereocenters. The number of sulfone groups is 1. The Morgan fingerprint density at radius 2 is 1.76 bits per heavy atom. The molecule has 2 aromatic carbocycles. The molecule has 2 amide bonds. The Hall–Kier alpha value is -2.58. The molecule has 1 saturated heterocycles. The van der Waals surface area contributed by atoms with E-state index in [2.05, 4.69) is 5.32 Å². The summed E-state index contributed by atoms with van der Waals surface area (Å²) in [5.74, 6) is -1.29. The Balaban J connectivity index is 1.47. The van der Waals surface area contributed by atoms with Crippen molar-refractivity contribution in [1.29, 1.82) is 5.26 Å². The molecule has 38 heavy (non-hydrogen) atoms. The van der Waals surface area contributed by atoms with Crippen LogP contribution in [0.5, 0.6) is 0 Å². The minimum atomic E-state index is -4.04. The molecule has 1 N–H and O–H groups in total. The first-order valence-corrected chi connectivity index (χ1v) is 14.5. The van der Waals surface area contributed by atoms with Crippen LogP contribution in [0, 0.1) is 17.1 Å².